The van der Waals surface area contributed by atoms with E-state index >= 15 is 0 Å². The van der Waals surface area contributed by atoms with Gasteiger partial charge in [-0.1, -0.05) is 261 Å². The summed E-state index contributed by atoms with van der Waals surface area (Å²) in [6.07, 6.45) is 0. The molecule has 3 heterocycles. The van der Waals surface area contributed by atoms with Gasteiger partial charge in [0.25, 0.3) is 0 Å². The second kappa shape index (κ2) is 29.4. The molecule has 117 heavy (non-hydrogen) atoms. The average Bonchev–Trinajstić information content (AvgIpc) is 1.56. The van der Waals surface area contributed by atoms with Crippen molar-refractivity contribution in [3.8, 4) is 45.4 Å². The second-order valence-corrected chi connectivity index (χ2v) is 29.9. The summed E-state index contributed by atoms with van der Waals surface area (Å²) in [5, 5.41) is 17.0. The van der Waals surface area contributed by atoms with E-state index in [1.807, 2.05) is 12.1 Å². The number of anilines is 9. The van der Waals surface area contributed by atoms with Gasteiger partial charge >= 0.3 is 0 Å². The highest BCUT2D eigenvalue weighted by molar-refractivity contribution is 6.13. The molecule has 0 spiro atoms. The summed E-state index contributed by atoms with van der Waals surface area (Å²) in [6.45, 7) is 0. The van der Waals surface area contributed by atoms with Crippen LogP contribution in [0.3, 0.4) is 0 Å². The van der Waals surface area contributed by atoms with Crippen molar-refractivity contribution in [3.05, 3.63) is 483 Å². The average molecular weight is 1490 g/mol. The van der Waals surface area contributed by atoms with Gasteiger partial charge in [0.2, 0.25) is 0 Å². The van der Waals surface area contributed by atoms with Crippen LogP contribution in [0.2, 0.25) is 0 Å². The molecule has 0 N–H and O–H groups in total. The summed E-state index contributed by atoms with van der Waals surface area (Å²) in [7, 11) is 0. The molecular formula is C110H75N7. The summed E-state index contributed by atoms with van der Waals surface area (Å²) in [6, 6.07) is 166. The van der Waals surface area contributed by atoms with Crippen LogP contribution in [0.25, 0.3) is 105 Å². The van der Waals surface area contributed by atoms with Gasteiger partial charge in [-0.25, -0.2) is 0 Å². The van der Waals surface area contributed by atoms with E-state index in [-0.39, 0.29) is 0 Å². The predicted octanol–water partition coefficient (Wildman–Crippen LogP) is 29.0. The van der Waals surface area contributed by atoms with E-state index in [0.29, 0.717) is 5.56 Å². The van der Waals surface area contributed by atoms with Gasteiger partial charge in [-0.15, -0.1) is 0 Å². The summed E-state index contributed by atoms with van der Waals surface area (Å²) in [5.41, 5.74) is 30.1. The number of fused-ring (bicyclic) bond motifs is 12. The number of aromatic nitrogens is 3. The lowest BCUT2D eigenvalue weighted by Crippen LogP contribution is -2.28. The Labute approximate surface area is 679 Å². The third-order valence-electron chi connectivity index (χ3n) is 23.4. The zero-order chi connectivity index (χ0) is 77.8. The monoisotopic (exact) mass is 1490 g/mol. The number of benzene rings is 18. The summed E-state index contributed by atoms with van der Waals surface area (Å²) < 4.78 is 7.08. The van der Waals surface area contributed by atoms with Gasteiger partial charge in [0.1, 0.15) is 0 Å². The Morgan fingerprint density at radius 2 is 0.479 bits per heavy atom. The first-order valence-electron chi connectivity index (χ1n) is 39.8. The van der Waals surface area contributed by atoms with Crippen molar-refractivity contribution in [2.75, 3.05) is 14.7 Å². The molecule has 0 radical (unpaired) electrons. The molecular weight excluding hydrogens is 1420 g/mol. The molecule has 0 amide bonds. The van der Waals surface area contributed by atoms with Crippen molar-refractivity contribution >= 4 is 117 Å². The van der Waals surface area contributed by atoms with E-state index in [1.165, 1.54) is 93.3 Å². The van der Waals surface area contributed by atoms with E-state index in [4.69, 9.17) is 0 Å². The lowest BCUT2D eigenvalue weighted by molar-refractivity contribution is 0.768. The topological polar surface area (TPSA) is 48.3 Å². The standard InChI is InChI=1S/C60H42N4.C50H33N3/c1-5-17-45(18-6-1)61(51-37-39-59-55(41-51)53-25-13-15-27-57(53)63(59)47-21-9-3-10-22-47)49-33-29-43(30-34-49)44-31-35-50(36-32-44)62(46-19-7-2-8-20-46)52-38-40-60-56(42-52)54-26-14-16-28-58(54)64(60)48-23-11-4-12-24-48;51-34-35-24-26-39(27-25-35)52(40-29-31-49-45(32-40)44-21-11-13-23-48(44)53(49)38-18-8-3-9-19-38)41-28-30-43-42-20-10-12-22-46(42)50(47(43)33-41,36-14-4-1-5-15-36)37-16-6-2-7-17-37/h1-42H;1-33H. The molecule has 0 fully saturated rings. The normalized spacial score (nSPS) is 12.0. The quantitative estimate of drug-likeness (QED) is 0.103. The molecule has 0 saturated heterocycles. The van der Waals surface area contributed by atoms with Crippen LogP contribution in [0, 0.1) is 11.3 Å². The molecule has 0 bridgehead atoms. The van der Waals surface area contributed by atoms with Gasteiger partial charge in [0, 0.05) is 101 Å². The number of hydrogen-bond donors (Lipinski definition) is 0. The number of para-hydroxylation sites is 8. The first kappa shape index (κ1) is 69.2. The molecule has 0 aliphatic heterocycles. The molecule has 7 nitrogen and oxygen atoms in total. The van der Waals surface area contributed by atoms with Crippen molar-refractivity contribution in [1.29, 1.82) is 5.26 Å². The number of nitriles is 1. The fourth-order valence-electron chi connectivity index (χ4n) is 18.2. The molecule has 21 aromatic rings. The Kier molecular flexibility index (Phi) is 17.4. The lowest BCUT2D eigenvalue weighted by Gasteiger charge is -2.35. The fraction of sp³-hybridized carbons (Fsp3) is 0.00909. The van der Waals surface area contributed by atoms with E-state index in [1.54, 1.807) is 0 Å². The highest BCUT2D eigenvalue weighted by Crippen LogP contribution is 2.58. The number of rotatable bonds is 15. The first-order chi connectivity index (χ1) is 58.0. The number of nitrogens with zero attached hydrogens (tertiary/aromatic N) is 7. The van der Waals surface area contributed by atoms with Crippen molar-refractivity contribution in [1.82, 2.24) is 13.7 Å². The predicted molar refractivity (Wildman–Crippen MR) is 487 cm³/mol. The summed E-state index contributed by atoms with van der Waals surface area (Å²) >= 11 is 0. The zero-order valence-electron chi connectivity index (χ0n) is 63.9. The van der Waals surface area contributed by atoms with Gasteiger partial charge in [0.15, 0.2) is 0 Å². The Hall–Kier alpha value is -15.8. The van der Waals surface area contributed by atoms with E-state index in [9.17, 15) is 5.26 Å². The van der Waals surface area contributed by atoms with Crippen LogP contribution >= 0.6 is 0 Å². The largest absolute Gasteiger partial charge is 0.310 e. The molecule has 0 atom stereocenters. The van der Waals surface area contributed by atoms with Crippen LogP contribution in [0.15, 0.2) is 455 Å². The maximum Gasteiger partial charge on any atom is 0.0991 e. The Morgan fingerprint density at radius 3 is 0.863 bits per heavy atom. The third kappa shape index (κ3) is 12.0. The Morgan fingerprint density at radius 1 is 0.205 bits per heavy atom. The van der Waals surface area contributed by atoms with E-state index in [0.717, 1.165) is 84.9 Å². The van der Waals surface area contributed by atoms with Crippen LogP contribution < -0.4 is 14.7 Å². The van der Waals surface area contributed by atoms with Crippen molar-refractivity contribution < 1.29 is 0 Å². The van der Waals surface area contributed by atoms with Crippen molar-refractivity contribution in [3.63, 3.8) is 0 Å². The Bertz CT molecular complexity index is 7000. The molecule has 0 saturated carbocycles. The molecule has 3 aromatic heterocycles. The van der Waals surface area contributed by atoms with Gasteiger partial charge in [-0.2, -0.15) is 5.26 Å². The lowest BCUT2D eigenvalue weighted by atomic mass is 9.67. The maximum absolute atomic E-state index is 9.72. The highest BCUT2D eigenvalue weighted by atomic mass is 15.2. The molecule has 0 unspecified atom stereocenters. The Balaban J connectivity index is 0.000000148. The van der Waals surface area contributed by atoms with Crippen LogP contribution in [-0.2, 0) is 5.41 Å². The second-order valence-electron chi connectivity index (χ2n) is 29.9. The highest BCUT2D eigenvalue weighted by Gasteiger charge is 2.46. The van der Waals surface area contributed by atoms with Crippen LogP contribution in [0.4, 0.5) is 51.2 Å². The minimum atomic E-state index is -0.520. The van der Waals surface area contributed by atoms with E-state index in [2.05, 4.69) is 477 Å². The van der Waals surface area contributed by atoms with Crippen LogP contribution in [-0.4, -0.2) is 13.7 Å². The molecule has 1 aliphatic rings. The molecule has 22 rings (SSSR count). The molecule has 18 aromatic carbocycles. The van der Waals surface area contributed by atoms with Gasteiger partial charge in [0.05, 0.1) is 50.1 Å². The van der Waals surface area contributed by atoms with Gasteiger partial charge in [-0.3, -0.25) is 0 Å². The minimum Gasteiger partial charge on any atom is -0.310 e. The molecule has 1 aliphatic carbocycles. The van der Waals surface area contributed by atoms with E-state index < -0.39 is 5.41 Å². The summed E-state index contributed by atoms with van der Waals surface area (Å²) in [5.74, 6) is 0. The van der Waals surface area contributed by atoms with Crippen molar-refractivity contribution in [2.24, 2.45) is 0 Å². The van der Waals surface area contributed by atoms with Gasteiger partial charge in [-0.05, 0) is 239 Å². The smallest absolute Gasteiger partial charge is 0.0991 e. The number of hydrogen-bond acceptors (Lipinski definition) is 4. The zero-order valence-corrected chi connectivity index (χ0v) is 63.9. The fourth-order valence-corrected chi connectivity index (χ4v) is 18.2. The molecule has 7 heteroatoms. The summed E-state index contributed by atoms with van der Waals surface area (Å²) in [4.78, 5) is 7.04. The van der Waals surface area contributed by atoms with Crippen LogP contribution in [0.1, 0.15) is 27.8 Å². The first-order valence-corrected chi connectivity index (χ1v) is 39.8. The van der Waals surface area contributed by atoms with Crippen LogP contribution in [0.5, 0.6) is 0 Å². The third-order valence-corrected chi connectivity index (χ3v) is 23.4. The van der Waals surface area contributed by atoms with Crippen molar-refractivity contribution in [2.45, 2.75) is 5.41 Å². The maximum atomic E-state index is 9.72. The minimum absolute atomic E-state index is 0.520. The molecule has 550 valence electrons. The van der Waals surface area contributed by atoms with Gasteiger partial charge < -0.3 is 28.4 Å². The SMILES string of the molecule is N#Cc1ccc(N(c2ccc3c(c2)C(c2ccccc2)(c2ccccc2)c2ccccc2-3)c2ccc3c(c2)c2ccccc2n3-c2ccccc2)cc1.c1ccc(N(c2ccc(-c3ccc(N(c4ccccc4)c4ccc5c(c4)c4ccccc4n5-c4ccccc4)cc3)cc2)c2ccc3c(c2)c2ccccc2n3-c2ccccc2)cc1.